The molecule has 4 rings (SSSR count). The smallest absolute Gasteiger partial charge is 0.339 e. The van der Waals surface area contributed by atoms with Crippen molar-refractivity contribution in [2.24, 2.45) is 5.92 Å². The second kappa shape index (κ2) is 8.27. The molecule has 2 aromatic rings. The number of carbonyl (C=O) groups excluding carboxylic acids is 2. The van der Waals surface area contributed by atoms with Gasteiger partial charge in [0.15, 0.2) is 6.61 Å². The van der Waals surface area contributed by atoms with Gasteiger partial charge in [0.1, 0.15) is 0 Å². The first-order valence-corrected chi connectivity index (χ1v) is 10.1. The van der Waals surface area contributed by atoms with Crippen LogP contribution >= 0.6 is 0 Å². The lowest BCUT2D eigenvalue weighted by atomic mass is 9.84. The topological polar surface area (TPSA) is 77.5 Å². The number of nitrogens with one attached hydrogen (secondary N) is 1. The maximum absolute atomic E-state index is 12.9. The standard InChI is InChI=1S/C22H26N2O4/c1-14-8-9-19-17(11-14)21(16-6-2-3-7-18(16)24-19)22(26)28-13-20(25)23-12-15-5-4-10-27-15/h2-3,6-7,14-15H,4-5,8-13H2,1H3,(H,23,25). The minimum atomic E-state index is -0.448. The molecular formula is C22H26N2O4. The van der Waals surface area contributed by atoms with E-state index in [1.807, 2.05) is 24.3 Å². The number of ether oxygens (including phenoxy) is 2. The van der Waals surface area contributed by atoms with E-state index in [9.17, 15) is 9.59 Å². The zero-order valence-electron chi connectivity index (χ0n) is 16.2. The van der Waals surface area contributed by atoms with Crippen molar-refractivity contribution < 1.29 is 19.1 Å². The summed E-state index contributed by atoms with van der Waals surface area (Å²) in [6, 6.07) is 7.63. The Kier molecular flexibility index (Phi) is 5.57. The van der Waals surface area contributed by atoms with Crippen LogP contribution in [0, 0.1) is 5.92 Å². The first-order chi connectivity index (χ1) is 13.6. The predicted molar refractivity (Wildman–Crippen MR) is 105 cm³/mol. The molecule has 0 radical (unpaired) electrons. The summed E-state index contributed by atoms with van der Waals surface area (Å²) in [5.74, 6) is -0.252. The number of rotatable bonds is 5. The van der Waals surface area contributed by atoms with Gasteiger partial charge < -0.3 is 14.8 Å². The molecule has 2 atom stereocenters. The monoisotopic (exact) mass is 382 g/mol. The van der Waals surface area contributed by atoms with Gasteiger partial charge in [0.05, 0.1) is 17.2 Å². The molecule has 1 amide bonds. The summed E-state index contributed by atoms with van der Waals surface area (Å²) < 4.78 is 10.9. The molecule has 0 saturated carbocycles. The highest BCUT2D eigenvalue weighted by Gasteiger charge is 2.26. The van der Waals surface area contributed by atoms with E-state index in [-0.39, 0.29) is 18.6 Å². The number of hydrogen-bond donors (Lipinski definition) is 1. The summed E-state index contributed by atoms with van der Waals surface area (Å²) in [5, 5.41) is 3.58. The predicted octanol–water partition coefficient (Wildman–Crippen LogP) is 2.81. The van der Waals surface area contributed by atoms with Crippen molar-refractivity contribution in [1.82, 2.24) is 10.3 Å². The third-order valence-electron chi connectivity index (χ3n) is 5.59. The van der Waals surface area contributed by atoms with Crippen molar-refractivity contribution in [3.63, 3.8) is 0 Å². The molecule has 2 unspecified atom stereocenters. The Morgan fingerprint density at radius 2 is 2.14 bits per heavy atom. The Hall–Kier alpha value is -2.47. The fourth-order valence-electron chi connectivity index (χ4n) is 4.08. The van der Waals surface area contributed by atoms with E-state index in [0.717, 1.165) is 60.9 Å². The molecule has 6 heteroatoms. The van der Waals surface area contributed by atoms with Crippen LogP contribution in [0.4, 0.5) is 0 Å². The van der Waals surface area contributed by atoms with E-state index >= 15 is 0 Å². The van der Waals surface area contributed by atoms with Crippen molar-refractivity contribution in [2.45, 2.75) is 45.1 Å². The number of esters is 1. The summed E-state index contributed by atoms with van der Waals surface area (Å²) in [5.41, 5.74) is 3.32. The minimum absolute atomic E-state index is 0.0669. The van der Waals surface area contributed by atoms with Crippen LogP contribution in [0.25, 0.3) is 10.9 Å². The van der Waals surface area contributed by atoms with Gasteiger partial charge >= 0.3 is 5.97 Å². The summed E-state index contributed by atoms with van der Waals surface area (Å²) in [6.07, 6.45) is 4.78. The SMILES string of the molecule is CC1CCc2nc3ccccc3c(C(=O)OCC(=O)NCC3CCCO3)c2C1. The van der Waals surface area contributed by atoms with Crippen molar-refractivity contribution in [3.05, 3.63) is 41.1 Å². The summed E-state index contributed by atoms with van der Waals surface area (Å²) >= 11 is 0. The molecule has 1 aromatic carbocycles. The molecular weight excluding hydrogens is 356 g/mol. The molecule has 0 spiro atoms. The van der Waals surface area contributed by atoms with Gasteiger partial charge in [-0.3, -0.25) is 9.78 Å². The van der Waals surface area contributed by atoms with Crippen molar-refractivity contribution in [2.75, 3.05) is 19.8 Å². The number of nitrogens with zero attached hydrogens (tertiary/aromatic N) is 1. The molecule has 2 heterocycles. The number of para-hydroxylation sites is 1. The van der Waals surface area contributed by atoms with Gasteiger partial charge in [0.2, 0.25) is 0 Å². The lowest BCUT2D eigenvalue weighted by Gasteiger charge is -2.24. The third kappa shape index (κ3) is 4.02. The van der Waals surface area contributed by atoms with E-state index in [0.29, 0.717) is 18.0 Å². The van der Waals surface area contributed by atoms with Gasteiger partial charge in [-0.1, -0.05) is 25.1 Å². The van der Waals surface area contributed by atoms with E-state index in [2.05, 4.69) is 12.2 Å². The molecule has 6 nitrogen and oxygen atoms in total. The highest BCUT2D eigenvalue weighted by Crippen LogP contribution is 2.31. The largest absolute Gasteiger partial charge is 0.452 e. The maximum Gasteiger partial charge on any atom is 0.339 e. The third-order valence-corrected chi connectivity index (χ3v) is 5.59. The Bertz CT molecular complexity index is 889. The number of aryl methyl sites for hydroxylation is 1. The summed E-state index contributed by atoms with van der Waals surface area (Å²) in [6.45, 7) is 3.11. The van der Waals surface area contributed by atoms with Crippen molar-refractivity contribution in [3.8, 4) is 0 Å². The Labute approximate surface area is 164 Å². The summed E-state index contributed by atoms with van der Waals surface area (Å²) in [4.78, 5) is 29.8. The second-order valence-electron chi connectivity index (χ2n) is 7.79. The minimum Gasteiger partial charge on any atom is -0.452 e. The normalized spacial score (nSPS) is 21.3. The molecule has 2 aliphatic rings. The lowest BCUT2D eigenvalue weighted by Crippen LogP contribution is -2.35. The van der Waals surface area contributed by atoms with Gasteiger partial charge in [-0.15, -0.1) is 0 Å². The second-order valence-corrected chi connectivity index (χ2v) is 7.79. The van der Waals surface area contributed by atoms with Crippen LogP contribution < -0.4 is 5.32 Å². The zero-order valence-corrected chi connectivity index (χ0v) is 16.2. The fourth-order valence-corrected chi connectivity index (χ4v) is 4.08. The first-order valence-electron chi connectivity index (χ1n) is 10.1. The Morgan fingerprint density at radius 1 is 1.29 bits per heavy atom. The molecule has 1 fully saturated rings. The van der Waals surface area contributed by atoms with Gasteiger partial charge in [-0.05, 0) is 49.7 Å². The molecule has 1 N–H and O–H groups in total. The maximum atomic E-state index is 12.9. The zero-order chi connectivity index (χ0) is 19.5. The lowest BCUT2D eigenvalue weighted by molar-refractivity contribution is -0.124. The first kappa shape index (κ1) is 18.9. The fraction of sp³-hybridized carbons (Fsp3) is 0.500. The average Bonchev–Trinajstić information content (AvgIpc) is 3.22. The number of fused-ring (bicyclic) bond motifs is 2. The molecule has 1 aromatic heterocycles. The quantitative estimate of drug-likeness (QED) is 0.805. The van der Waals surface area contributed by atoms with Crippen LogP contribution in [0.3, 0.4) is 0 Å². The van der Waals surface area contributed by atoms with Gasteiger partial charge in [0, 0.05) is 24.2 Å². The van der Waals surface area contributed by atoms with Crippen LogP contribution in [0.15, 0.2) is 24.3 Å². The van der Waals surface area contributed by atoms with Crippen LogP contribution in [0.2, 0.25) is 0 Å². The van der Waals surface area contributed by atoms with Gasteiger partial charge in [-0.25, -0.2) is 4.79 Å². The Balaban J connectivity index is 1.50. The van der Waals surface area contributed by atoms with Crippen molar-refractivity contribution >= 4 is 22.8 Å². The molecule has 28 heavy (non-hydrogen) atoms. The van der Waals surface area contributed by atoms with E-state index in [1.165, 1.54) is 0 Å². The number of benzene rings is 1. The Morgan fingerprint density at radius 3 is 2.96 bits per heavy atom. The number of pyridine rings is 1. The van der Waals surface area contributed by atoms with Crippen LogP contribution in [-0.2, 0) is 27.1 Å². The summed E-state index contributed by atoms with van der Waals surface area (Å²) in [7, 11) is 0. The van der Waals surface area contributed by atoms with Crippen molar-refractivity contribution in [1.29, 1.82) is 0 Å². The number of amides is 1. The number of hydrogen-bond acceptors (Lipinski definition) is 5. The van der Waals surface area contributed by atoms with Crippen LogP contribution in [0.1, 0.15) is 47.8 Å². The van der Waals surface area contributed by atoms with Gasteiger partial charge in [0.25, 0.3) is 5.91 Å². The molecule has 1 aliphatic heterocycles. The van der Waals surface area contributed by atoms with E-state index in [4.69, 9.17) is 14.5 Å². The van der Waals surface area contributed by atoms with Crippen LogP contribution in [0.5, 0.6) is 0 Å². The van der Waals surface area contributed by atoms with Gasteiger partial charge in [-0.2, -0.15) is 0 Å². The molecule has 0 bridgehead atoms. The highest BCUT2D eigenvalue weighted by molar-refractivity contribution is 6.05. The van der Waals surface area contributed by atoms with Crippen LogP contribution in [-0.4, -0.2) is 42.7 Å². The molecule has 1 aliphatic carbocycles. The highest BCUT2D eigenvalue weighted by atomic mass is 16.5. The molecule has 1 saturated heterocycles. The number of carbonyl (C=O) groups is 2. The molecule has 148 valence electrons. The average molecular weight is 382 g/mol. The number of aromatic nitrogens is 1. The van der Waals surface area contributed by atoms with E-state index in [1.54, 1.807) is 0 Å². The van der Waals surface area contributed by atoms with E-state index < -0.39 is 5.97 Å².